The van der Waals surface area contributed by atoms with E-state index >= 15 is 0 Å². The van der Waals surface area contributed by atoms with Crippen LogP contribution in [0.5, 0.6) is 0 Å². The topological polar surface area (TPSA) is 67.9 Å². The van der Waals surface area contributed by atoms with Crippen LogP contribution < -0.4 is 5.32 Å². The number of nitrogens with one attached hydrogen (secondary N) is 1. The SMILES string of the molecule is CCN(CC)[C@@H](C(=O)OCC(=O)N[C@@H](C)COC)c1ccccc1. The van der Waals surface area contributed by atoms with E-state index in [0.717, 1.165) is 5.56 Å². The third-order valence-corrected chi connectivity index (χ3v) is 3.69. The van der Waals surface area contributed by atoms with Crippen molar-refractivity contribution in [3.63, 3.8) is 0 Å². The summed E-state index contributed by atoms with van der Waals surface area (Å²) in [5.74, 6) is -0.751. The fourth-order valence-corrected chi connectivity index (χ4v) is 2.54. The maximum Gasteiger partial charge on any atom is 0.328 e. The van der Waals surface area contributed by atoms with Gasteiger partial charge in [-0.15, -0.1) is 0 Å². The zero-order valence-electron chi connectivity index (χ0n) is 15.0. The third-order valence-electron chi connectivity index (χ3n) is 3.69. The van der Waals surface area contributed by atoms with Gasteiger partial charge in [-0.25, -0.2) is 4.79 Å². The van der Waals surface area contributed by atoms with Gasteiger partial charge in [0.2, 0.25) is 0 Å². The Morgan fingerprint density at radius 3 is 2.33 bits per heavy atom. The highest BCUT2D eigenvalue weighted by Crippen LogP contribution is 2.21. The minimum atomic E-state index is -0.509. The van der Waals surface area contributed by atoms with Crippen LogP contribution in [0.15, 0.2) is 30.3 Å². The van der Waals surface area contributed by atoms with Gasteiger partial charge in [0.25, 0.3) is 5.91 Å². The number of nitrogens with zero attached hydrogens (tertiary/aromatic N) is 1. The number of amides is 1. The molecule has 0 aliphatic carbocycles. The average molecular weight is 336 g/mol. The zero-order valence-corrected chi connectivity index (χ0v) is 15.0. The molecule has 1 aromatic rings. The maximum atomic E-state index is 12.6. The van der Waals surface area contributed by atoms with Gasteiger partial charge in [0, 0.05) is 13.2 Å². The number of rotatable bonds is 10. The molecule has 0 aromatic heterocycles. The van der Waals surface area contributed by atoms with Gasteiger partial charge in [-0.3, -0.25) is 9.69 Å². The van der Waals surface area contributed by atoms with Crippen LogP contribution in [-0.4, -0.2) is 56.2 Å². The highest BCUT2D eigenvalue weighted by atomic mass is 16.5. The number of methoxy groups -OCH3 is 1. The number of benzene rings is 1. The van der Waals surface area contributed by atoms with Crippen LogP contribution in [-0.2, 0) is 19.1 Å². The molecule has 1 N–H and O–H groups in total. The number of hydrogen-bond acceptors (Lipinski definition) is 5. The average Bonchev–Trinajstić information content (AvgIpc) is 2.58. The monoisotopic (exact) mass is 336 g/mol. The number of carbonyl (C=O) groups excluding carboxylic acids is 2. The summed E-state index contributed by atoms with van der Waals surface area (Å²) in [4.78, 5) is 26.4. The van der Waals surface area contributed by atoms with Crippen molar-refractivity contribution in [2.24, 2.45) is 0 Å². The molecule has 6 heteroatoms. The van der Waals surface area contributed by atoms with Crippen LogP contribution in [0, 0.1) is 0 Å². The minimum absolute atomic E-state index is 0.131. The standard InChI is InChI=1S/C18H28N2O4/c1-5-20(6-2)17(15-10-8-7-9-11-15)18(22)24-13-16(21)19-14(3)12-23-4/h7-11,14,17H,5-6,12-13H2,1-4H3,(H,19,21)/t14-,17+/m0/s1. The lowest BCUT2D eigenvalue weighted by Crippen LogP contribution is -2.40. The van der Waals surface area contributed by atoms with Gasteiger partial charge in [-0.2, -0.15) is 0 Å². The van der Waals surface area contributed by atoms with Crippen LogP contribution in [0.3, 0.4) is 0 Å². The second kappa shape index (κ2) is 10.8. The van der Waals surface area contributed by atoms with Gasteiger partial charge in [-0.1, -0.05) is 44.2 Å². The Balaban J connectivity index is 2.70. The van der Waals surface area contributed by atoms with Gasteiger partial charge in [-0.05, 0) is 25.6 Å². The Hall–Kier alpha value is -1.92. The van der Waals surface area contributed by atoms with Crippen molar-refractivity contribution >= 4 is 11.9 Å². The molecule has 134 valence electrons. The zero-order chi connectivity index (χ0) is 17.9. The van der Waals surface area contributed by atoms with Crippen LogP contribution >= 0.6 is 0 Å². The predicted molar refractivity (Wildman–Crippen MR) is 92.5 cm³/mol. The van der Waals surface area contributed by atoms with Crippen molar-refractivity contribution in [1.82, 2.24) is 10.2 Å². The van der Waals surface area contributed by atoms with Gasteiger partial charge in [0.15, 0.2) is 6.61 Å². The first-order chi connectivity index (χ1) is 11.5. The quantitative estimate of drug-likeness (QED) is 0.660. The maximum absolute atomic E-state index is 12.6. The Bertz CT molecular complexity index is 503. The molecule has 0 bridgehead atoms. The molecule has 0 fully saturated rings. The molecular formula is C18H28N2O4. The van der Waals surface area contributed by atoms with Crippen molar-refractivity contribution < 1.29 is 19.1 Å². The van der Waals surface area contributed by atoms with Gasteiger partial charge >= 0.3 is 5.97 Å². The second-order valence-electron chi connectivity index (χ2n) is 5.57. The van der Waals surface area contributed by atoms with Crippen LogP contribution in [0.1, 0.15) is 32.4 Å². The summed E-state index contributed by atoms with van der Waals surface area (Å²) < 4.78 is 10.2. The van der Waals surface area contributed by atoms with Crippen LogP contribution in [0.25, 0.3) is 0 Å². The lowest BCUT2D eigenvalue weighted by atomic mass is 10.1. The van der Waals surface area contributed by atoms with E-state index < -0.39 is 12.0 Å². The Labute approximate surface area is 144 Å². The lowest BCUT2D eigenvalue weighted by Gasteiger charge is -2.28. The van der Waals surface area contributed by atoms with E-state index in [0.29, 0.717) is 19.7 Å². The smallest absolute Gasteiger partial charge is 0.328 e. The number of likely N-dealkylation sites (N-methyl/N-ethyl adjacent to an activating group) is 1. The Morgan fingerprint density at radius 1 is 1.17 bits per heavy atom. The fraction of sp³-hybridized carbons (Fsp3) is 0.556. The summed E-state index contributed by atoms with van der Waals surface area (Å²) in [7, 11) is 1.57. The molecule has 0 heterocycles. The molecule has 0 saturated carbocycles. The van der Waals surface area contributed by atoms with E-state index in [4.69, 9.17) is 9.47 Å². The van der Waals surface area contributed by atoms with E-state index in [-0.39, 0.29) is 18.6 Å². The summed E-state index contributed by atoms with van der Waals surface area (Å²) in [5, 5.41) is 2.72. The summed E-state index contributed by atoms with van der Waals surface area (Å²) >= 11 is 0. The molecule has 1 aromatic carbocycles. The first kappa shape index (κ1) is 20.1. The lowest BCUT2D eigenvalue weighted by molar-refractivity contribution is -0.154. The van der Waals surface area contributed by atoms with Gasteiger partial charge < -0.3 is 14.8 Å². The van der Waals surface area contributed by atoms with E-state index in [9.17, 15) is 9.59 Å². The molecule has 2 atom stereocenters. The molecule has 0 aliphatic rings. The molecular weight excluding hydrogens is 308 g/mol. The van der Waals surface area contributed by atoms with E-state index in [1.165, 1.54) is 0 Å². The number of ether oxygens (including phenoxy) is 2. The Kier molecular flexibility index (Phi) is 9.04. The van der Waals surface area contributed by atoms with Crippen molar-refractivity contribution in [3.05, 3.63) is 35.9 Å². The molecule has 1 amide bonds. The largest absolute Gasteiger partial charge is 0.454 e. The molecule has 0 unspecified atom stereocenters. The summed E-state index contributed by atoms with van der Waals surface area (Å²) in [6, 6.07) is 8.82. The van der Waals surface area contributed by atoms with Crippen molar-refractivity contribution in [2.75, 3.05) is 33.4 Å². The van der Waals surface area contributed by atoms with E-state index in [1.807, 2.05) is 56.0 Å². The van der Waals surface area contributed by atoms with E-state index in [1.54, 1.807) is 7.11 Å². The van der Waals surface area contributed by atoms with Gasteiger partial charge in [0.1, 0.15) is 6.04 Å². The predicted octanol–water partition coefficient (Wildman–Crippen LogP) is 1.76. The number of esters is 1. The summed E-state index contributed by atoms with van der Waals surface area (Å²) in [5.41, 5.74) is 0.861. The molecule has 0 saturated heterocycles. The highest BCUT2D eigenvalue weighted by molar-refractivity contribution is 5.83. The summed E-state index contributed by atoms with van der Waals surface area (Å²) in [6.07, 6.45) is 0. The second-order valence-corrected chi connectivity index (χ2v) is 5.57. The first-order valence-corrected chi connectivity index (χ1v) is 8.27. The van der Waals surface area contributed by atoms with Gasteiger partial charge in [0.05, 0.1) is 6.61 Å². The first-order valence-electron chi connectivity index (χ1n) is 8.27. The molecule has 0 radical (unpaired) electrons. The normalized spacial score (nSPS) is 13.4. The summed E-state index contributed by atoms with van der Waals surface area (Å²) in [6.45, 7) is 7.34. The molecule has 0 spiro atoms. The molecule has 6 nitrogen and oxygen atoms in total. The molecule has 24 heavy (non-hydrogen) atoms. The van der Waals surface area contributed by atoms with Crippen molar-refractivity contribution in [3.8, 4) is 0 Å². The molecule has 1 rings (SSSR count). The Morgan fingerprint density at radius 2 is 1.79 bits per heavy atom. The minimum Gasteiger partial charge on any atom is -0.454 e. The van der Waals surface area contributed by atoms with E-state index in [2.05, 4.69) is 5.32 Å². The third kappa shape index (κ3) is 6.29. The highest BCUT2D eigenvalue weighted by Gasteiger charge is 2.27. The number of carbonyl (C=O) groups is 2. The molecule has 0 aliphatic heterocycles. The van der Waals surface area contributed by atoms with Crippen LogP contribution in [0.2, 0.25) is 0 Å². The van der Waals surface area contributed by atoms with Crippen molar-refractivity contribution in [2.45, 2.75) is 32.9 Å². The van der Waals surface area contributed by atoms with Crippen molar-refractivity contribution in [1.29, 1.82) is 0 Å². The number of hydrogen-bond donors (Lipinski definition) is 1. The van der Waals surface area contributed by atoms with Crippen LogP contribution in [0.4, 0.5) is 0 Å². The fourth-order valence-electron chi connectivity index (χ4n) is 2.54.